The van der Waals surface area contributed by atoms with Crippen LogP contribution in [0.15, 0.2) is 22.9 Å². The lowest BCUT2D eigenvalue weighted by molar-refractivity contribution is 0.0811. The molecule has 0 aromatic carbocycles. The van der Waals surface area contributed by atoms with Crippen LogP contribution in [0.3, 0.4) is 0 Å². The van der Waals surface area contributed by atoms with Crippen LogP contribution in [-0.4, -0.2) is 40.2 Å². The van der Waals surface area contributed by atoms with E-state index in [9.17, 15) is 10.4 Å². The highest BCUT2D eigenvalue weighted by atomic mass is 79.9. The van der Waals surface area contributed by atoms with Gasteiger partial charge in [-0.25, -0.2) is 0 Å². The molecule has 4 nitrogen and oxygen atoms in total. The van der Waals surface area contributed by atoms with E-state index in [1.54, 1.807) is 12.4 Å². The van der Waals surface area contributed by atoms with Gasteiger partial charge in [-0.05, 0) is 53.9 Å². The Morgan fingerprint density at radius 2 is 2.32 bits per heavy atom. The van der Waals surface area contributed by atoms with Crippen molar-refractivity contribution in [3.05, 3.63) is 28.5 Å². The van der Waals surface area contributed by atoms with Crippen LogP contribution >= 0.6 is 15.9 Å². The van der Waals surface area contributed by atoms with E-state index in [1.165, 1.54) is 0 Å². The number of nitriles is 1. The molecule has 0 spiro atoms. The topological polar surface area (TPSA) is 60.1 Å². The standard InChI is InChI=1S/C14H16BrN3O/c1-18-11-3-13(19)12(18)5-14(4-11,8-16)9-2-10(15)7-17-6-9/h2,6-7,11-13,19H,3-5H2,1H3. The fraction of sp³-hybridized carbons (Fsp3) is 0.571. The normalized spacial score (nSPS) is 38.1. The van der Waals surface area contributed by atoms with E-state index in [0.717, 1.165) is 22.9 Å². The van der Waals surface area contributed by atoms with Crippen molar-refractivity contribution >= 4 is 15.9 Å². The summed E-state index contributed by atoms with van der Waals surface area (Å²) >= 11 is 3.42. The van der Waals surface area contributed by atoms with Gasteiger partial charge in [-0.3, -0.25) is 9.88 Å². The highest BCUT2D eigenvalue weighted by molar-refractivity contribution is 9.10. The number of halogens is 1. The van der Waals surface area contributed by atoms with Gasteiger partial charge in [0.25, 0.3) is 0 Å². The summed E-state index contributed by atoms with van der Waals surface area (Å²) in [5, 5.41) is 19.9. The maximum atomic E-state index is 10.1. The summed E-state index contributed by atoms with van der Waals surface area (Å²) in [7, 11) is 2.05. The summed E-state index contributed by atoms with van der Waals surface area (Å²) < 4.78 is 0.895. The third-order valence-corrected chi connectivity index (χ3v) is 5.10. The molecule has 4 unspecified atom stereocenters. The molecule has 0 aliphatic carbocycles. The molecule has 2 fully saturated rings. The van der Waals surface area contributed by atoms with Crippen LogP contribution in [0.2, 0.25) is 0 Å². The van der Waals surface area contributed by atoms with E-state index >= 15 is 0 Å². The molecule has 1 N–H and O–H groups in total. The zero-order chi connectivity index (χ0) is 13.6. The number of pyridine rings is 1. The van der Waals surface area contributed by atoms with Crippen molar-refractivity contribution in [2.24, 2.45) is 0 Å². The van der Waals surface area contributed by atoms with E-state index in [4.69, 9.17) is 0 Å². The second-order valence-electron chi connectivity index (χ2n) is 5.68. The summed E-state index contributed by atoms with van der Waals surface area (Å²) in [5.74, 6) is 0. The van der Waals surface area contributed by atoms with Crippen molar-refractivity contribution in [1.82, 2.24) is 9.88 Å². The molecular formula is C14H16BrN3O. The van der Waals surface area contributed by atoms with Gasteiger partial charge in [0.1, 0.15) is 0 Å². The van der Waals surface area contributed by atoms with Gasteiger partial charge in [0.05, 0.1) is 17.6 Å². The number of hydrogen-bond donors (Lipinski definition) is 1. The number of fused-ring (bicyclic) bond motifs is 2. The quantitative estimate of drug-likeness (QED) is 0.857. The highest BCUT2D eigenvalue weighted by Gasteiger charge is 2.52. The van der Waals surface area contributed by atoms with E-state index in [0.29, 0.717) is 6.42 Å². The third-order valence-electron chi connectivity index (χ3n) is 4.67. The first-order valence-corrected chi connectivity index (χ1v) is 7.27. The van der Waals surface area contributed by atoms with Crippen molar-refractivity contribution in [2.75, 3.05) is 7.05 Å². The number of rotatable bonds is 1. The van der Waals surface area contributed by atoms with Crippen LogP contribution in [0.25, 0.3) is 0 Å². The molecular weight excluding hydrogens is 306 g/mol. The molecule has 0 amide bonds. The maximum Gasteiger partial charge on any atom is 0.0868 e. The zero-order valence-electron chi connectivity index (χ0n) is 10.8. The second kappa shape index (κ2) is 4.55. The average molecular weight is 322 g/mol. The van der Waals surface area contributed by atoms with Crippen LogP contribution in [-0.2, 0) is 5.41 Å². The molecule has 5 heteroatoms. The molecule has 0 radical (unpaired) electrons. The Morgan fingerprint density at radius 3 is 2.95 bits per heavy atom. The molecule has 4 atom stereocenters. The zero-order valence-corrected chi connectivity index (χ0v) is 12.3. The maximum absolute atomic E-state index is 10.1. The number of aromatic nitrogens is 1. The van der Waals surface area contributed by atoms with Crippen molar-refractivity contribution in [3.8, 4) is 6.07 Å². The van der Waals surface area contributed by atoms with Crippen LogP contribution in [0, 0.1) is 11.3 Å². The van der Waals surface area contributed by atoms with Gasteiger partial charge in [0.15, 0.2) is 0 Å². The van der Waals surface area contributed by atoms with Gasteiger partial charge in [-0.1, -0.05) is 0 Å². The third kappa shape index (κ3) is 1.99. The predicted molar refractivity (Wildman–Crippen MR) is 74.4 cm³/mol. The fourth-order valence-electron chi connectivity index (χ4n) is 3.56. The van der Waals surface area contributed by atoms with Crippen LogP contribution in [0.4, 0.5) is 0 Å². The van der Waals surface area contributed by atoms with Gasteiger partial charge in [-0.15, -0.1) is 0 Å². The Hall–Kier alpha value is -0.960. The van der Waals surface area contributed by atoms with Gasteiger partial charge >= 0.3 is 0 Å². The minimum Gasteiger partial charge on any atom is -0.391 e. The molecule has 3 heterocycles. The fourth-order valence-corrected chi connectivity index (χ4v) is 3.92. The summed E-state index contributed by atoms with van der Waals surface area (Å²) in [5.41, 5.74) is 0.442. The number of nitrogens with zero attached hydrogens (tertiary/aromatic N) is 3. The van der Waals surface area contributed by atoms with Crippen molar-refractivity contribution in [1.29, 1.82) is 5.26 Å². The lowest BCUT2D eigenvalue weighted by atomic mass is 9.71. The molecule has 3 rings (SSSR count). The van der Waals surface area contributed by atoms with Crippen LogP contribution in [0.5, 0.6) is 0 Å². The minimum atomic E-state index is -0.518. The first-order chi connectivity index (χ1) is 9.05. The molecule has 2 aliphatic heterocycles. The van der Waals surface area contributed by atoms with Gasteiger partial charge < -0.3 is 5.11 Å². The minimum absolute atomic E-state index is 0.0809. The van der Waals surface area contributed by atoms with Crippen molar-refractivity contribution in [3.63, 3.8) is 0 Å². The first-order valence-electron chi connectivity index (χ1n) is 6.48. The molecule has 2 saturated heterocycles. The highest BCUT2D eigenvalue weighted by Crippen LogP contribution is 2.46. The number of piperidine rings is 1. The smallest absolute Gasteiger partial charge is 0.0868 e. The first kappa shape index (κ1) is 13.0. The van der Waals surface area contributed by atoms with Crippen molar-refractivity contribution in [2.45, 2.75) is 42.9 Å². The summed E-state index contributed by atoms with van der Waals surface area (Å²) in [4.78, 5) is 6.41. The molecule has 2 bridgehead atoms. The Morgan fingerprint density at radius 1 is 1.53 bits per heavy atom. The van der Waals surface area contributed by atoms with E-state index in [1.807, 2.05) is 13.1 Å². The molecule has 1 aromatic heterocycles. The Labute approximate surface area is 121 Å². The van der Waals surface area contributed by atoms with E-state index in [2.05, 4.69) is 31.9 Å². The number of likely N-dealkylation sites (N-methyl/N-ethyl adjacent to an activating group) is 1. The lowest BCUT2D eigenvalue weighted by Crippen LogP contribution is -2.48. The number of aliphatic hydroxyl groups excluding tert-OH is 1. The summed E-state index contributed by atoms with van der Waals surface area (Å²) in [6, 6.07) is 4.85. The Kier molecular flexibility index (Phi) is 3.12. The van der Waals surface area contributed by atoms with E-state index < -0.39 is 5.41 Å². The van der Waals surface area contributed by atoms with Gasteiger partial charge in [-0.2, -0.15) is 5.26 Å². The SMILES string of the molecule is CN1C2CC(O)C1CC(C#N)(c1cncc(Br)c1)C2. The number of aliphatic hydroxyl groups is 1. The largest absolute Gasteiger partial charge is 0.391 e. The lowest BCUT2D eigenvalue weighted by Gasteiger charge is -2.41. The molecule has 0 saturated carbocycles. The van der Waals surface area contributed by atoms with E-state index in [-0.39, 0.29) is 18.2 Å². The monoisotopic (exact) mass is 321 g/mol. The van der Waals surface area contributed by atoms with Crippen LogP contribution in [0.1, 0.15) is 24.8 Å². The summed E-state index contributed by atoms with van der Waals surface area (Å²) in [6.07, 6.45) is 5.41. The molecule has 100 valence electrons. The van der Waals surface area contributed by atoms with Crippen molar-refractivity contribution < 1.29 is 5.11 Å². The Balaban J connectivity index is 2.01. The predicted octanol–water partition coefficient (Wildman–Crippen LogP) is 1.83. The van der Waals surface area contributed by atoms with Gasteiger partial charge in [0.2, 0.25) is 0 Å². The molecule has 2 aliphatic rings. The second-order valence-corrected chi connectivity index (χ2v) is 6.60. The number of hydrogen-bond acceptors (Lipinski definition) is 4. The Bertz CT molecular complexity index is 544. The molecule has 1 aromatic rings. The molecule has 19 heavy (non-hydrogen) atoms. The van der Waals surface area contributed by atoms with Crippen LogP contribution < -0.4 is 0 Å². The average Bonchev–Trinajstić information content (AvgIpc) is 2.58. The van der Waals surface area contributed by atoms with Gasteiger partial charge in [0, 0.05) is 29.0 Å². The summed E-state index contributed by atoms with van der Waals surface area (Å²) in [6.45, 7) is 0.